The van der Waals surface area contributed by atoms with E-state index in [4.69, 9.17) is 5.73 Å². The first kappa shape index (κ1) is 9.34. The molecule has 0 heterocycles. The minimum atomic E-state index is -0.598. The second-order valence-corrected chi connectivity index (χ2v) is 2.99. The molecule has 0 aliphatic heterocycles. The summed E-state index contributed by atoms with van der Waals surface area (Å²) in [6.07, 6.45) is 0. The van der Waals surface area contributed by atoms with Gasteiger partial charge in [-0.25, -0.2) is 0 Å². The quantitative estimate of drug-likeness (QED) is 0.587. The van der Waals surface area contributed by atoms with Gasteiger partial charge in [0.15, 0.2) is 0 Å². The molecule has 1 rings (SSSR count). The summed E-state index contributed by atoms with van der Waals surface area (Å²) >= 11 is 0. The highest BCUT2D eigenvalue weighted by Gasteiger charge is 1.91. The second kappa shape index (κ2) is 3.77. The number of carbonyl (C=O) groups is 1. The Bertz CT molecular complexity index is 376. The van der Waals surface area contributed by atoms with Crippen molar-refractivity contribution in [3.05, 3.63) is 34.9 Å². The third-order valence-electron chi connectivity index (χ3n) is 1.55. The molecule has 0 aliphatic carbocycles. The highest BCUT2D eigenvalue weighted by molar-refractivity contribution is 5.92. The molecule has 0 aliphatic rings. The fraction of sp³-hybridized carbons (Fsp3) is 0.182. The predicted molar refractivity (Wildman–Crippen MR) is 52.0 cm³/mol. The van der Waals surface area contributed by atoms with Crippen LogP contribution in [0.5, 0.6) is 0 Å². The highest BCUT2D eigenvalue weighted by atomic mass is 16.1. The summed E-state index contributed by atoms with van der Waals surface area (Å²) in [5.74, 6) is 4.41. The van der Waals surface area contributed by atoms with E-state index in [1.807, 2.05) is 26.0 Å². The molecule has 2 heteroatoms. The van der Waals surface area contributed by atoms with Crippen molar-refractivity contribution < 1.29 is 4.79 Å². The first-order valence-corrected chi connectivity index (χ1v) is 3.97. The van der Waals surface area contributed by atoms with Gasteiger partial charge in [0, 0.05) is 5.56 Å². The van der Waals surface area contributed by atoms with Gasteiger partial charge in [0.1, 0.15) is 0 Å². The standard InChI is InChI=1S/C11H11NO/c1-8-5-9(2)7-10(6-8)3-4-11(12)13/h5-7H,1-2H3,(H2,12,13). The highest BCUT2D eigenvalue weighted by Crippen LogP contribution is 2.06. The molecule has 1 aromatic carbocycles. The minimum Gasteiger partial charge on any atom is -0.359 e. The summed E-state index contributed by atoms with van der Waals surface area (Å²) < 4.78 is 0. The number of carbonyl (C=O) groups excluding carboxylic acids is 1. The molecule has 0 fully saturated rings. The molecule has 1 amide bonds. The molecule has 0 saturated carbocycles. The molecule has 0 bridgehead atoms. The molecule has 13 heavy (non-hydrogen) atoms. The van der Waals surface area contributed by atoms with Crippen LogP contribution in [0.15, 0.2) is 18.2 Å². The topological polar surface area (TPSA) is 43.1 Å². The van der Waals surface area contributed by atoms with E-state index in [1.54, 1.807) is 0 Å². The van der Waals surface area contributed by atoms with Gasteiger partial charge in [0.2, 0.25) is 0 Å². The van der Waals surface area contributed by atoms with Crippen molar-refractivity contribution in [2.45, 2.75) is 13.8 Å². The van der Waals surface area contributed by atoms with E-state index in [9.17, 15) is 4.79 Å². The normalized spacial score (nSPS) is 8.77. The van der Waals surface area contributed by atoms with Crippen LogP contribution in [-0.4, -0.2) is 5.91 Å². The lowest BCUT2D eigenvalue weighted by Gasteiger charge is -1.96. The lowest BCUT2D eigenvalue weighted by molar-refractivity contribution is -0.112. The maximum Gasteiger partial charge on any atom is 0.293 e. The number of hydrogen-bond donors (Lipinski definition) is 1. The number of amides is 1. The Morgan fingerprint density at radius 1 is 1.23 bits per heavy atom. The van der Waals surface area contributed by atoms with Crippen LogP contribution in [0.3, 0.4) is 0 Å². The van der Waals surface area contributed by atoms with Crippen LogP contribution in [0.25, 0.3) is 0 Å². The van der Waals surface area contributed by atoms with E-state index >= 15 is 0 Å². The number of aryl methyl sites for hydroxylation is 2. The maximum absolute atomic E-state index is 10.4. The lowest BCUT2D eigenvalue weighted by Crippen LogP contribution is -2.06. The molecule has 0 saturated heterocycles. The number of hydrogen-bond acceptors (Lipinski definition) is 1. The Hall–Kier alpha value is -1.75. The summed E-state index contributed by atoms with van der Waals surface area (Å²) in [5.41, 5.74) is 8.00. The Kier molecular flexibility index (Phi) is 2.71. The zero-order valence-electron chi connectivity index (χ0n) is 7.72. The van der Waals surface area contributed by atoms with Crippen molar-refractivity contribution in [3.63, 3.8) is 0 Å². The zero-order chi connectivity index (χ0) is 9.84. The van der Waals surface area contributed by atoms with E-state index in [0.717, 1.165) is 16.7 Å². The smallest absolute Gasteiger partial charge is 0.293 e. The van der Waals surface area contributed by atoms with E-state index in [2.05, 4.69) is 17.9 Å². The van der Waals surface area contributed by atoms with Crippen molar-refractivity contribution >= 4 is 5.91 Å². The summed E-state index contributed by atoms with van der Waals surface area (Å²) in [5, 5.41) is 0. The second-order valence-electron chi connectivity index (χ2n) is 2.99. The summed E-state index contributed by atoms with van der Waals surface area (Å²) in [7, 11) is 0. The van der Waals surface area contributed by atoms with Gasteiger partial charge in [0.05, 0.1) is 0 Å². The van der Waals surface area contributed by atoms with E-state index in [0.29, 0.717) is 0 Å². The molecule has 2 N–H and O–H groups in total. The van der Waals surface area contributed by atoms with Crippen molar-refractivity contribution in [1.29, 1.82) is 0 Å². The number of rotatable bonds is 0. The summed E-state index contributed by atoms with van der Waals surface area (Å²) in [4.78, 5) is 10.4. The van der Waals surface area contributed by atoms with Gasteiger partial charge in [-0.1, -0.05) is 12.0 Å². The zero-order valence-corrected chi connectivity index (χ0v) is 7.72. The number of primary amides is 1. The SMILES string of the molecule is Cc1cc(C)cc(C#CC(N)=O)c1. The van der Waals surface area contributed by atoms with Gasteiger partial charge in [0.25, 0.3) is 5.91 Å². The Labute approximate surface area is 77.8 Å². The van der Waals surface area contributed by atoms with Crippen molar-refractivity contribution in [3.8, 4) is 11.8 Å². The van der Waals surface area contributed by atoms with E-state index < -0.39 is 5.91 Å². The fourth-order valence-corrected chi connectivity index (χ4v) is 1.18. The first-order valence-electron chi connectivity index (χ1n) is 3.97. The minimum absolute atomic E-state index is 0.598. The maximum atomic E-state index is 10.4. The summed E-state index contributed by atoms with van der Waals surface area (Å²) in [6.45, 7) is 3.98. The Balaban J connectivity index is 3.04. The molecular formula is C11H11NO. The van der Waals surface area contributed by atoms with Gasteiger partial charge >= 0.3 is 0 Å². The Morgan fingerprint density at radius 3 is 2.23 bits per heavy atom. The largest absolute Gasteiger partial charge is 0.359 e. The number of nitrogens with two attached hydrogens (primary N) is 1. The van der Waals surface area contributed by atoms with Gasteiger partial charge in [-0.2, -0.15) is 0 Å². The van der Waals surface area contributed by atoms with Crippen LogP contribution in [0.4, 0.5) is 0 Å². The predicted octanol–water partition coefficient (Wildman–Crippen LogP) is 1.14. The number of benzene rings is 1. The third kappa shape index (κ3) is 3.00. The Morgan fingerprint density at radius 2 is 1.77 bits per heavy atom. The average Bonchev–Trinajstić information content (AvgIpc) is 1.99. The van der Waals surface area contributed by atoms with Crippen LogP contribution in [-0.2, 0) is 4.79 Å². The van der Waals surface area contributed by atoms with Crippen LogP contribution in [0, 0.1) is 25.7 Å². The van der Waals surface area contributed by atoms with Gasteiger partial charge < -0.3 is 5.73 Å². The monoisotopic (exact) mass is 173 g/mol. The molecule has 0 unspecified atom stereocenters. The summed E-state index contributed by atoms with van der Waals surface area (Å²) in [6, 6.07) is 5.89. The molecule has 0 aromatic heterocycles. The molecule has 0 radical (unpaired) electrons. The van der Waals surface area contributed by atoms with E-state index in [-0.39, 0.29) is 0 Å². The van der Waals surface area contributed by atoms with Crippen LogP contribution in [0.2, 0.25) is 0 Å². The van der Waals surface area contributed by atoms with Crippen LogP contribution < -0.4 is 5.73 Å². The molecule has 0 spiro atoms. The van der Waals surface area contributed by atoms with Crippen molar-refractivity contribution in [2.24, 2.45) is 5.73 Å². The van der Waals surface area contributed by atoms with Gasteiger partial charge in [-0.3, -0.25) is 4.79 Å². The molecule has 1 aromatic rings. The first-order chi connectivity index (χ1) is 6.08. The molecule has 2 nitrogen and oxygen atoms in total. The third-order valence-corrected chi connectivity index (χ3v) is 1.55. The average molecular weight is 173 g/mol. The van der Waals surface area contributed by atoms with Gasteiger partial charge in [-0.15, -0.1) is 0 Å². The molecule has 0 atom stereocenters. The van der Waals surface area contributed by atoms with Crippen molar-refractivity contribution in [2.75, 3.05) is 0 Å². The fourth-order valence-electron chi connectivity index (χ4n) is 1.18. The van der Waals surface area contributed by atoms with Gasteiger partial charge in [-0.05, 0) is 43.0 Å². The van der Waals surface area contributed by atoms with Crippen LogP contribution in [0.1, 0.15) is 16.7 Å². The van der Waals surface area contributed by atoms with Crippen molar-refractivity contribution in [1.82, 2.24) is 0 Å². The van der Waals surface area contributed by atoms with E-state index in [1.165, 1.54) is 0 Å². The lowest BCUT2D eigenvalue weighted by atomic mass is 10.1. The molecule has 66 valence electrons. The molecular weight excluding hydrogens is 162 g/mol. The van der Waals surface area contributed by atoms with Crippen LogP contribution >= 0.6 is 0 Å².